The quantitative estimate of drug-likeness (QED) is 0.649. The molecule has 4 heteroatoms. The highest BCUT2D eigenvalue weighted by atomic mass is 16.5. The molecular weight excluding hydrogens is 240 g/mol. The maximum Gasteiger partial charge on any atom is 0.227 e. The molecular formula is C15H22N2O2. The number of carbonyl (C=O) groups is 1. The van der Waals surface area contributed by atoms with E-state index in [4.69, 9.17) is 10.5 Å². The van der Waals surface area contributed by atoms with Crippen molar-refractivity contribution in [2.75, 3.05) is 18.2 Å². The Hall–Kier alpha value is -1.71. The lowest BCUT2D eigenvalue weighted by Crippen LogP contribution is -2.22. The lowest BCUT2D eigenvalue weighted by atomic mass is 9.99. The van der Waals surface area contributed by atoms with Gasteiger partial charge in [0.2, 0.25) is 5.91 Å². The number of rotatable bonds is 3. The van der Waals surface area contributed by atoms with Crippen molar-refractivity contribution in [3.05, 3.63) is 18.2 Å². The number of carbonyl (C=O) groups excluding carboxylic acids is 1. The summed E-state index contributed by atoms with van der Waals surface area (Å²) in [6, 6.07) is 5.34. The molecule has 0 unspecified atom stereocenters. The summed E-state index contributed by atoms with van der Waals surface area (Å²) in [6.45, 7) is 0. The van der Waals surface area contributed by atoms with E-state index in [0.717, 1.165) is 31.4 Å². The zero-order valence-corrected chi connectivity index (χ0v) is 11.4. The Kier molecular flexibility index (Phi) is 4.66. The van der Waals surface area contributed by atoms with Crippen LogP contribution >= 0.6 is 0 Å². The molecule has 0 saturated heterocycles. The number of hydrogen-bond donors (Lipinski definition) is 2. The molecule has 1 aromatic rings. The molecule has 1 amide bonds. The van der Waals surface area contributed by atoms with Crippen molar-refractivity contribution in [2.45, 2.75) is 38.5 Å². The van der Waals surface area contributed by atoms with Crippen molar-refractivity contribution < 1.29 is 9.53 Å². The van der Waals surface area contributed by atoms with Crippen LogP contribution in [0.2, 0.25) is 0 Å². The van der Waals surface area contributed by atoms with Gasteiger partial charge in [-0.2, -0.15) is 0 Å². The molecule has 4 nitrogen and oxygen atoms in total. The van der Waals surface area contributed by atoms with E-state index in [9.17, 15) is 4.79 Å². The number of nitrogens with two attached hydrogens (primary N) is 1. The Morgan fingerprint density at radius 3 is 2.53 bits per heavy atom. The summed E-state index contributed by atoms with van der Waals surface area (Å²) >= 11 is 0. The largest absolute Gasteiger partial charge is 0.495 e. The molecule has 19 heavy (non-hydrogen) atoms. The summed E-state index contributed by atoms with van der Waals surface area (Å²) < 4.78 is 5.10. The van der Waals surface area contributed by atoms with Crippen molar-refractivity contribution >= 4 is 17.3 Å². The summed E-state index contributed by atoms with van der Waals surface area (Å²) in [4.78, 5) is 12.2. The standard InChI is InChI=1S/C15H22N2O2/c1-19-14-9-8-12(10-13(14)16)17-15(18)11-6-4-2-3-5-7-11/h8-11H,2-7,16H2,1H3,(H,17,18). The fraction of sp³-hybridized carbons (Fsp3) is 0.533. The van der Waals surface area contributed by atoms with E-state index < -0.39 is 0 Å². The van der Waals surface area contributed by atoms with Crippen molar-refractivity contribution in [3.8, 4) is 5.75 Å². The average Bonchev–Trinajstić information content (AvgIpc) is 2.68. The number of amides is 1. The number of methoxy groups -OCH3 is 1. The first-order chi connectivity index (χ1) is 9.20. The van der Waals surface area contributed by atoms with Crippen LogP contribution in [0.5, 0.6) is 5.75 Å². The summed E-state index contributed by atoms with van der Waals surface area (Å²) in [5, 5.41) is 2.96. The van der Waals surface area contributed by atoms with E-state index in [1.54, 1.807) is 19.2 Å². The number of nitrogen functional groups attached to an aromatic ring is 1. The van der Waals surface area contributed by atoms with Crippen LogP contribution in [-0.2, 0) is 4.79 Å². The van der Waals surface area contributed by atoms with Gasteiger partial charge < -0.3 is 15.8 Å². The van der Waals surface area contributed by atoms with Gasteiger partial charge in [0.05, 0.1) is 12.8 Å². The second-order valence-corrected chi connectivity index (χ2v) is 5.13. The van der Waals surface area contributed by atoms with E-state index in [1.807, 2.05) is 6.07 Å². The molecule has 1 aromatic carbocycles. The second kappa shape index (κ2) is 6.45. The number of nitrogens with one attached hydrogen (secondary N) is 1. The summed E-state index contributed by atoms with van der Waals surface area (Å²) in [7, 11) is 1.58. The third kappa shape index (κ3) is 3.63. The molecule has 0 spiro atoms. The van der Waals surface area contributed by atoms with Crippen LogP contribution < -0.4 is 15.8 Å². The molecule has 1 aliphatic carbocycles. The van der Waals surface area contributed by atoms with Gasteiger partial charge in [0, 0.05) is 11.6 Å². The molecule has 104 valence electrons. The maximum absolute atomic E-state index is 12.2. The first kappa shape index (κ1) is 13.7. The van der Waals surface area contributed by atoms with Gasteiger partial charge >= 0.3 is 0 Å². The van der Waals surface area contributed by atoms with Crippen molar-refractivity contribution in [1.82, 2.24) is 0 Å². The number of benzene rings is 1. The number of ether oxygens (including phenoxy) is 1. The fourth-order valence-corrected chi connectivity index (χ4v) is 2.60. The van der Waals surface area contributed by atoms with Gasteiger partial charge in [0.25, 0.3) is 0 Å². The Morgan fingerprint density at radius 2 is 1.95 bits per heavy atom. The highest BCUT2D eigenvalue weighted by Gasteiger charge is 2.20. The van der Waals surface area contributed by atoms with Crippen LogP contribution in [0.3, 0.4) is 0 Å². The molecule has 0 aliphatic heterocycles. The minimum absolute atomic E-state index is 0.117. The second-order valence-electron chi connectivity index (χ2n) is 5.13. The summed E-state index contributed by atoms with van der Waals surface area (Å²) in [5.41, 5.74) is 7.12. The molecule has 0 aromatic heterocycles. The predicted molar refractivity (Wildman–Crippen MR) is 77.2 cm³/mol. The Balaban J connectivity index is 1.99. The van der Waals surface area contributed by atoms with Gasteiger partial charge in [-0.25, -0.2) is 0 Å². The van der Waals surface area contributed by atoms with E-state index in [1.165, 1.54) is 12.8 Å². The molecule has 0 atom stereocenters. The molecule has 0 bridgehead atoms. The molecule has 0 radical (unpaired) electrons. The molecule has 3 N–H and O–H groups in total. The lowest BCUT2D eigenvalue weighted by Gasteiger charge is -2.15. The highest BCUT2D eigenvalue weighted by molar-refractivity contribution is 5.93. The van der Waals surface area contributed by atoms with Gasteiger partial charge in [-0.1, -0.05) is 25.7 Å². The van der Waals surface area contributed by atoms with Crippen LogP contribution in [0.4, 0.5) is 11.4 Å². The highest BCUT2D eigenvalue weighted by Crippen LogP contribution is 2.27. The van der Waals surface area contributed by atoms with Gasteiger partial charge in [-0.15, -0.1) is 0 Å². The van der Waals surface area contributed by atoms with Crippen LogP contribution in [-0.4, -0.2) is 13.0 Å². The zero-order valence-electron chi connectivity index (χ0n) is 11.4. The molecule has 1 fully saturated rings. The van der Waals surface area contributed by atoms with Crippen LogP contribution in [0, 0.1) is 5.92 Å². The van der Waals surface area contributed by atoms with Gasteiger partial charge in [0.1, 0.15) is 5.75 Å². The van der Waals surface area contributed by atoms with E-state index in [-0.39, 0.29) is 11.8 Å². The van der Waals surface area contributed by atoms with Gasteiger partial charge in [0.15, 0.2) is 0 Å². The first-order valence-electron chi connectivity index (χ1n) is 6.95. The fourth-order valence-electron chi connectivity index (χ4n) is 2.60. The minimum atomic E-state index is 0.117. The monoisotopic (exact) mass is 262 g/mol. The van der Waals surface area contributed by atoms with Crippen LogP contribution in [0.1, 0.15) is 38.5 Å². The third-order valence-electron chi connectivity index (χ3n) is 3.72. The average molecular weight is 262 g/mol. The maximum atomic E-state index is 12.2. The van der Waals surface area contributed by atoms with Crippen molar-refractivity contribution in [3.63, 3.8) is 0 Å². The normalized spacial score (nSPS) is 16.7. The van der Waals surface area contributed by atoms with Gasteiger partial charge in [-0.05, 0) is 31.0 Å². The van der Waals surface area contributed by atoms with E-state index in [0.29, 0.717) is 11.4 Å². The predicted octanol–water partition coefficient (Wildman–Crippen LogP) is 3.19. The smallest absolute Gasteiger partial charge is 0.227 e. The van der Waals surface area contributed by atoms with Crippen LogP contribution in [0.15, 0.2) is 18.2 Å². The molecule has 1 saturated carbocycles. The number of hydrogen-bond acceptors (Lipinski definition) is 3. The molecule has 1 aliphatic rings. The van der Waals surface area contributed by atoms with Crippen molar-refractivity contribution in [1.29, 1.82) is 0 Å². The Labute approximate surface area is 114 Å². The Morgan fingerprint density at radius 1 is 1.26 bits per heavy atom. The van der Waals surface area contributed by atoms with E-state index in [2.05, 4.69) is 5.32 Å². The van der Waals surface area contributed by atoms with Crippen molar-refractivity contribution in [2.24, 2.45) is 5.92 Å². The topological polar surface area (TPSA) is 64.3 Å². The third-order valence-corrected chi connectivity index (χ3v) is 3.72. The SMILES string of the molecule is COc1ccc(NC(=O)C2CCCCCC2)cc1N. The molecule has 0 heterocycles. The Bertz CT molecular complexity index is 438. The first-order valence-corrected chi connectivity index (χ1v) is 6.95. The minimum Gasteiger partial charge on any atom is -0.495 e. The summed E-state index contributed by atoms with van der Waals surface area (Å²) in [5.74, 6) is 0.893. The van der Waals surface area contributed by atoms with Crippen LogP contribution in [0.25, 0.3) is 0 Å². The summed E-state index contributed by atoms with van der Waals surface area (Å²) in [6.07, 6.45) is 6.80. The molecule has 2 rings (SSSR count). The zero-order chi connectivity index (χ0) is 13.7. The lowest BCUT2D eigenvalue weighted by molar-refractivity contribution is -0.120. The number of anilines is 2. The van der Waals surface area contributed by atoms with Gasteiger partial charge in [-0.3, -0.25) is 4.79 Å². The van der Waals surface area contributed by atoms with E-state index >= 15 is 0 Å².